The maximum atomic E-state index is 5.66. The molecule has 0 saturated heterocycles. The molecule has 0 aliphatic heterocycles. The first-order valence-electron chi connectivity index (χ1n) is 7.09. The van der Waals surface area contributed by atoms with Gasteiger partial charge in [0.1, 0.15) is 5.75 Å². The number of benzene rings is 1. The van der Waals surface area contributed by atoms with E-state index in [1.165, 1.54) is 0 Å². The lowest BCUT2D eigenvalue weighted by atomic mass is 10.2. The van der Waals surface area contributed by atoms with Crippen molar-refractivity contribution in [3.05, 3.63) is 30.2 Å². The smallest absolute Gasteiger partial charge is 0.247 e. The number of hydrogen-bond acceptors (Lipinski definition) is 5. The molecule has 0 amide bonds. The Morgan fingerprint density at radius 3 is 2.95 bits per heavy atom. The van der Waals surface area contributed by atoms with Gasteiger partial charge in [0.2, 0.25) is 11.8 Å². The fraction of sp³-hybridized carbons (Fsp3) is 0.467. The monoisotopic (exact) mass is 275 g/mol. The maximum Gasteiger partial charge on any atom is 0.247 e. The van der Waals surface area contributed by atoms with Crippen molar-refractivity contribution in [3.8, 4) is 17.2 Å². The second-order valence-corrected chi connectivity index (χ2v) is 4.48. The SMILES string of the molecule is CCCOc1cccc(-c2nnc(CCNCC)o2)c1. The van der Waals surface area contributed by atoms with Crippen molar-refractivity contribution in [1.29, 1.82) is 0 Å². The van der Waals surface area contributed by atoms with E-state index in [0.717, 1.165) is 37.2 Å². The zero-order valence-electron chi connectivity index (χ0n) is 12.1. The number of aromatic nitrogens is 2. The van der Waals surface area contributed by atoms with E-state index in [1.807, 2.05) is 24.3 Å². The van der Waals surface area contributed by atoms with E-state index >= 15 is 0 Å². The molecule has 20 heavy (non-hydrogen) atoms. The highest BCUT2D eigenvalue weighted by Crippen LogP contribution is 2.23. The van der Waals surface area contributed by atoms with E-state index in [0.29, 0.717) is 18.4 Å². The minimum atomic E-state index is 0.540. The minimum absolute atomic E-state index is 0.540. The van der Waals surface area contributed by atoms with Gasteiger partial charge in [-0.2, -0.15) is 0 Å². The second-order valence-electron chi connectivity index (χ2n) is 4.48. The molecule has 108 valence electrons. The Labute approximate surface area is 119 Å². The van der Waals surface area contributed by atoms with Crippen molar-refractivity contribution in [2.45, 2.75) is 26.7 Å². The van der Waals surface area contributed by atoms with Crippen molar-refractivity contribution >= 4 is 0 Å². The average molecular weight is 275 g/mol. The molecule has 0 aliphatic rings. The standard InChI is InChI=1S/C15H21N3O2/c1-3-10-19-13-7-5-6-12(11-13)15-18-17-14(20-15)8-9-16-4-2/h5-7,11,16H,3-4,8-10H2,1-2H3. The molecular formula is C15H21N3O2. The van der Waals surface area contributed by atoms with Crippen molar-refractivity contribution in [2.75, 3.05) is 19.7 Å². The van der Waals surface area contributed by atoms with Gasteiger partial charge in [0.05, 0.1) is 6.61 Å². The van der Waals surface area contributed by atoms with E-state index in [4.69, 9.17) is 9.15 Å². The number of nitrogens with one attached hydrogen (secondary N) is 1. The lowest BCUT2D eigenvalue weighted by Gasteiger charge is -2.04. The van der Waals surface area contributed by atoms with E-state index in [-0.39, 0.29) is 0 Å². The maximum absolute atomic E-state index is 5.66. The summed E-state index contributed by atoms with van der Waals surface area (Å²) in [6.07, 6.45) is 1.73. The Morgan fingerprint density at radius 1 is 1.25 bits per heavy atom. The third-order valence-corrected chi connectivity index (χ3v) is 2.79. The second kappa shape index (κ2) is 7.65. The molecule has 5 nitrogen and oxygen atoms in total. The molecule has 1 N–H and O–H groups in total. The summed E-state index contributed by atoms with van der Waals surface area (Å²) in [4.78, 5) is 0. The van der Waals surface area contributed by atoms with Gasteiger partial charge in [-0.3, -0.25) is 0 Å². The van der Waals surface area contributed by atoms with Crippen LogP contribution in [-0.2, 0) is 6.42 Å². The van der Waals surface area contributed by atoms with Crippen LogP contribution in [-0.4, -0.2) is 29.9 Å². The zero-order chi connectivity index (χ0) is 14.2. The van der Waals surface area contributed by atoms with Crippen molar-refractivity contribution in [3.63, 3.8) is 0 Å². The van der Waals surface area contributed by atoms with Crippen LogP contribution in [0, 0.1) is 0 Å². The van der Waals surface area contributed by atoms with Gasteiger partial charge in [-0.15, -0.1) is 10.2 Å². The number of nitrogens with zero attached hydrogens (tertiary/aromatic N) is 2. The van der Waals surface area contributed by atoms with Crippen LogP contribution in [0.3, 0.4) is 0 Å². The van der Waals surface area contributed by atoms with Crippen LogP contribution in [0.4, 0.5) is 0 Å². The van der Waals surface area contributed by atoms with E-state index in [1.54, 1.807) is 0 Å². The number of ether oxygens (including phenoxy) is 1. The lowest BCUT2D eigenvalue weighted by Crippen LogP contribution is -2.16. The first kappa shape index (κ1) is 14.5. The van der Waals surface area contributed by atoms with Crippen LogP contribution in [0.15, 0.2) is 28.7 Å². The fourth-order valence-corrected chi connectivity index (χ4v) is 1.78. The summed E-state index contributed by atoms with van der Waals surface area (Å²) in [7, 11) is 0. The molecule has 0 fully saturated rings. The van der Waals surface area contributed by atoms with Crippen LogP contribution in [0.25, 0.3) is 11.5 Å². The summed E-state index contributed by atoms with van der Waals surface area (Å²) in [6, 6.07) is 7.74. The molecule has 1 aromatic carbocycles. The average Bonchev–Trinajstić information content (AvgIpc) is 2.95. The molecule has 2 rings (SSSR count). The van der Waals surface area contributed by atoms with E-state index in [9.17, 15) is 0 Å². The van der Waals surface area contributed by atoms with E-state index < -0.39 is 0 Å². The molecule has 5 heteroatoms. The summed E-state index contributed by atoms with van der Waals surface area (Å²) in [5.41, 5.74) is 0.890. The van der Waals surface area contributed by atoms with Crippen LogP contribution in [0.2, 0.25) is 0 Å². The zero-order valence-corrected chi connectivity index (χ0v) is 12.1. The van der Waals surface area contributed by atoms with Gasteiger partial charge in [0.15, 0.2) is 0 Å². The Balaban J connectivity index is 2.03. The molecular weight excluding hydrogens is 254 g/mol. The molecule has 1 heterocycles. The highest BCUT2D eigenvalue weighted by atomic mass is 16.5. The van der Waals surface area contributed by atoms with Gasteiger partial charge >= 0.3 is 0 Å². The quantitative estimate of drug-likeness (QED) is 0.750. The summed E-state index contributed by atoms with van der Waals surface area (Å²) in [5.74, 6) is 2.02. The van der Waals surface area contributed by atoms with Crippen LogP contribution in [0.5, 0.6) is 5.75 Å². The predicted octanol–water partition coefficient (Wildman–Crippen LogP) is 2.68. The molecule has 0 saturated carbocycles. The predicted molar refractivity (Wildman–Crippen MR) is 77.8 cm³/mol. The van der Waals surface area contributed by atoms with Crippen LogP contribution < -0.4 is 10.1 Å². The topological polar surface area (TPSA) is 60.2 Å². The fourth-order valence-electron chi connectivity index (χ4n) is 1.78. The number of hydrogen-bond donors (Lipinski definition) is 1. The summed E-state index contributed by atoms with van der Waals surface area (Å²) < 4.78 is 11.3. The molecule has 0 atom stereocenters. The molecule has 2 aromatic rings. The van der Waals surface area contributed by atoms with Gasteiger partial charge in [0.25, 0.3) is 0 Å². The Hall–Kier alpha value is -1.88. The van der Waals surface area contributed by atoms with Gasteiger partial charge in [0, 0.05) is 18.5 Å². The van der Waals surface area contributed by atoms with E-state index in [2.05, 4.69) is 29.4 Å². The van der Waals surface area contributed by atoms with Gasteiger partial charge in [-0.1, -0.05) is 19.9 Å². The minimum Gasteiger partial charge on any atom is -0.494 e. The van der Waals surface area contributed by atoms with Crippen LogP contribution in [0.1, 0.15) is 26.2 Å². The Kier molecular flexibility index (Phi) is 5.55. The summed E-state index contributed by atoms with van der Waals surface area (Å²) in [5, 5.41) is 11.4. The number of rotatable bonds is 8. The Bertz CT molecular complexity index is 525. The van der Waals surface area contributed by atoms with Crippen molar-refractivity contribution in [1.82, 2.24) is 15.5 Å². The summed E-state index contributed by atoms with van der Waals surface area (Å²) >= 11 is 0. The van der Waals surface area contributed by atoms with Crippen molar-refractivity contribution in [2.24, 2.45) is 0 Å². The Morgan fingerprint density at radius 2 is 2.15 bits per heavy atom. The van der Waals surface area contributed by atoms with Crippen molar-refractivity contribution < 1.29 is 9.15 Å². The molecule has 0 unspecified atom stereocenters. The molecule has 0 bridgehead atoms. The molecule has 0 aliphatic carbocycles. The van der Waals surface area contributed by atoms with Crippen LogP contribution >= 0.6 is 0 Å². The molecule has 0 radical (unpaired) electrons. The highest BCUT2D eigenvalue weighted by Gasteiger charge is 2.09. The van der Waals surface area contributed by atoms with Gasteiger partial charge in [-0.25, -0.2) is 0 Å². The van der Waals surface area contributed by atoms with Gasteiger partial charge in [-0.05, 0) is 31.2 Å². The molecule has 0 spiro atoms. The largest absolute Gasteiger partial charge is 0.494 e. The van der Waals surface area contributed by atoms with Gasteiger partial charge < -0.3 is 14.5 Å². The molecule has 1 aromatic heterocycles. The number of likely N-dealkylation sites (N-methyl/N-ethyl adjacent to an activating group) is 1. The normalized spacial score (nSPS) is 10.7. The third kappa shape index (κ3) is 4.06. The third-order valence-electron chi connectivity index (χ3n) is 2.79. The lowest BCUT2D eigenvalue weighted by molar-refractivity contribution is 0.317. The highest BCUT2D eigenvalue weighted by molar-refractivity contribution is 5.55. The first-order valence-corrected chi connectivity index (χ1v) is 7.09. The summed E-state index contributed by atoms with van der Waals surface area (Å²) in [6.45, 7) is 6.65. The first-order chi connectivity index (χ1) is 9.83.